The number of benzene rings is 1. The minimum atomic E-state index is -0.447. The number of nitrogens with zero attached hydrogens (tertiary/aromatic N) is 2. The fraction of sp³-hybridized carbons (Fsp3) is 0.357. The Morgan fingerprint density at radius 3 is 2.74 bits per heavy atom. The van der Waals surface area contributed by atoms with Crippen molar-refractivity contribution in [3.8, 4) is 0 Å². The summed E-state index contributed by atoms with van der Waals surface area (Å²) in [4.78, 5) is 6.62. The second-order valence-electron chi connectivity index (χ2n) is 4.60. The van der Waals surface area contributed by atoms with Gasteiger partial charge in [0.05, 0.1) is 29.0 Å². The fourth-order valence-corrected chi connectivity index (χ4v) is 3.20. The molecule has 1 heterocycles. The second-order valence-corrected chi connectivity index (χ2v) is 6.52. The lowest BCUT2D eigenvalue weighted by Crippen LogP contribution is -2.17. The zero-order valence-corrected chi connectivity index (χ0v) is 13.6. The largest absolute Gasteiger partial charge is 0.389 e. The van der Waals surface area contributed by atoms with Crippen LogP contribution in [0.1, 0.15) is 29.3 Å². The number of hydrogen-bond donors (Lipinski definition) is 1. The number of halogens is 1. The molecule has 0 bridgehead atoms. The van der Waals surface area contributed by atoms with Crippen LogP contribution in [0, 0.1) is 6.92 Å². The van der Waals surface area contributed by atoms with Crippen LogP contribution in [0.25, 0.3) is 0 Å². The van der Waals surface area contributed by atoms with E-state index in [2.05, 4.69) is 31.2 Å². The van der Waals surface area contributed by atoms with Crippen LogP contribution in [0.2, 0.25) is 0 Å². The van der Waals surface area contributed by atoms with E-state index in [0.717, 1.165) is 33.0 Å². The Labute approximate surface area is 126 Å². The molecule has 5 heteroatoms. The molecular weight excluding hydrogens is 324 g/mol. The van der Waals surface area contributed by atoms with Crippen molar-refractivity contribution in [2.24, 2.45) is 0 Å². The quantitative estimate of drug-likeness (QED) is 0.916. The molecule has 2 aromatic rings. The van der Waals surface area contributed by atoms with Crippen LogP contribution in [0.15, 0.2) is 28.1 Å². The molecule has 0 unspecified atom stereocenters. The zero-order chi connectivity index (χ0) is 14.0. The lowest BCUT2D eigenvalue weighted by Gasteiger charge is -2.20. The molecule has 102 valence electrons. The first kappa shape index (κ1) is 14.5. The van der Waals surface area contributed by atoms with E-state index in [-0.39, 0.29) is 0 Å². The molecular formula is C14H17BrN2OS. The smallest absolute Gasteiger partial charge is 0.0898 e. The molecule has 3 nitrogen and oxygen atoms in total. The lowest BCUT2D eigenvalue weighted by molar-refractivity contribution is 0.199. The molecule has 0 aliphatic rings. The van der Waals surface area contributed by atoms with Crippen molar-refractivity contribution >= 4 is 33.0 Å². The molecule has 0 radical (unpaired) electrons. The highest BCUT2D eigenvalue weighted by molar-refractivity contribution is 9.10. The first-order valence-corrected chi connectivity index (χ1v) is 7.74. The number of rotatable bonds is 4. The van der Waals surface area contributed by atoms with Crippen LogP contribution in [-0.4, -0.2) is 17.1 Å². The summed E-state index contributed by atoms with van der Waals surface area (Å²) in [6.45, 7) is 4.56. The Bertz CT molecular complexity index is 568. The summed E-state index contributed by atoms with van der Waals surface area (Å²) >= 11 is 5.23. The van der Waals surface area contributed by atoms with Crippen molar-refractivity contribution in [1.82, 2.24) is 4.98 Å². The summed E-state index contributed by atoms with van der Waals surface area (Å²) in [5, 5.41) is 12.7. The van der Waals surface area contributed by atoms with Crippen molar-refractivity contribution in [2.75, 3.05) is 11.9 Å². The number of anilines is 1. The topological polar surface area (TPSA) is 36.4 Å². The number of hydrogen-bond acceptors (Lipinski definition) is 4. The lowest BCUT2D eigenvalue weighted by atomic mass is 10.1. The van der Waals surface area contributed by atoms with Gasteiger partial charge in [-0.15, -0.1) is 11.3 Å². The van der Waals surface area contributed by atoms with E-state index in [9.17, 15) is 5.11 Å². The molecule has 1 N–H and O–H groups in total. The van der Waals surface area contributed by atoms with E-state index in [4.69, 9.17) is 0 Å². The van der Waals surface area contributed by atoms with E-state index in [1.165, 1.54) is 0 Å². The molecule has 0 aliphatic heterocycles. The summed E-state index contributed by atoms with van der Waals surface area (Å²) in [6, 6.07) is 5.93. The van der Waals surface area contributed by atoms with Gasteiger partial charge in [0.2, 0.25) is 0 Å². The number of aliphatic hydroxyl groups is 1. The summed E-state index contributed by atoms with van der Waals surface area (Å²) < 4.78 is 0.986. The minimum absolute atomic E-state index is 0.447. The average Bonchev–Trinajstić information content (AvgIpc) is 2.74. The van der Waals surface area contributed by atoms with E-state index in [0.29, 0.717) is 0 Å². The standard InChI is InChI=1S/C14H17BrN2OS/c1-9(18)11-4-5-14(13(15)6-11)17(3)7-12-8-19-10(2)16-12/h4-6,8-9,18H,7H2,1-3H3/t9-/m1/s1. The van der Waals surface area contributed by atoms with Gasteiger partial charge in [-0.25, -0.2) is 4.98 Å². The molecule has 0 saturated heterocycles. The van der Waals surface area contributed by atoms with E-state index < -0.39 is 6.10 Å². The van der Waals surface area contributed by atoms with Crippen molar-refractivity contribution in [2.45, 2.75) is 26.5 Å². The minimum Gasteiger partial charge on any atom is -0.389 e. The predicted octanol–water partition coefficient (Wildman–Crippen LogP) is 3.90. The molecule has 2 rings (SSSR count). The summed E-state index contributed by atoms with van der Waals surface area (Å²) in [5.41, 5.74) is 3.08. The van der Waals surface area contributed by atoms with Gasteiger partial charge in [-0.05, 0) is 47.5 Å². The van der Waals surface area contributed by atoms with Gasteiger partial charge in [0, 0.05) is 16.9 Å². The van der Waals surface area contributed by atoms with Gasteiger partial charge >= 0.3 is 0 Å². The summed E-state index contributed by atoms with van der Waals surface area (Å²) in [5.74, 6) is 0. The third kappa shape index (κ3) is 3.55. The third-order valence-electron chi connectivity index (χ3n) is 2.93. The fourth-order valence-electron chi connectivity index (χ4n) is 1.90. The van der Waals surface area contributed by atoms with Crippen LogP contribution >= 0.6 is 27.3 Å². The highest BCUT2D eigenvalue weighted by Crippen LogP contribution is 2.29. The number of aliphatic hydroxyl groups excluding tert-OH is 1. The van der Waals surface area contributed by atoms with Crippen molar-refractivity contribution in [3.05, 3.63) is 44.3 Å². The third-order valence-corrected chi connectivity index (χ3v) is 4.39. The first-order valence-electron chi connectivity index (χ1n) is 6.07. The van der Waals surface area contributed by atoms with Gasteiger partial charge in [0.15, 0.2) is 0 Å². The molecule has 0 spiro atoms. The Balaban J connectivity index is 2.17. The average molecular weight is 341 g/mol. The molecule has 1 aromatic heterocycles. The van der Waals surface area contributed by atoms with Gasteiger partial charge in [0.25, 0.3) is 0 Å². The van der Waals surface area contributed by atoms with Crippen LogP contribution < -0.4 is 4.90 Å². The first-order chi connectivity index (χ1) is 8.97. The van der Waals surface area contributed by atoms with Gasteiger partial charge in [-0.2, -0.15) is 0 Å². The normalized spacial score (nSPS) is 12.5. The van der Waals surface area contributed by atoms with Gasteiger partial charge in [-0.1, -0.05) is 6.07 Å². The maximum Gasteiger partial charge on any atom is 0.0898 e. The summed E-state index contributed by atoms with van der Waals surface area (Å²) in [6.07, 6.45) is -0.447. The van der Waals surface area contributed by atoms with Crippen LogP contribution in [-0.2, 0) is 6.54 Å². The predicted molar refractivity (Wildman–Crippen MR) is 83.7 cm³/mol. The molecule has 1 atom stereocenters. The molecule has 0 saturated carbocycles. The van der Waals surface area contributed by atoms with E-state index in [1.54, 1.807) is 18.3 Å². The zero-order valence-electron chi connectivity index (χ0n) is 11.2. The molecule has 19 heavy (non-hydrogen) atoms. The maximum absolute atomic E-state index is 9.57. The Kier molecular flexibility index (Phi) is 4.60. The van der Waals surface area contributed by atoms with Crippen LogP contribution in [0.4, 0.5) is 5.69 Å². The summed E-state index contributed by atoms with van der Waals surface area (Å²) in [7, 11) is 2.04. The number of aryl methyl sites for hydroxylation is 1. The highest BCUT2D eigenvalue weighted by atomic mass is 79.9. The van der Waals surface area contributed by atoms with Gasteiger partial charge in [0.1, 0.15) is 0 Å². The monoisotopic (exact) mass is 340 g/mol. The van der Waals surface area contributed by atoms with Crippen molar-refractivity contribution < 1.29 is 5.11 Å². The Morgan fingerprint density at radius 2 is 2.21 bits per heavy atom. The number of aromatic nitrogens is 1. The number of thiazole rings is 1. The highest BCUT2D eigenvalue weighted by Gasteiger charge is 2.10. The second kappa shape index (κ2) is 6.03. The molecule has 0 amide bonds. The Morgan fingerprint density at radius 1 is 1.47 bits per heavy atom. The molecule has 0 aliphatic carbocycles. The van der Waals surface area contributed by atoms with Gasteiger partial charge < -0.3 is 10.0 Å². The van der Waals surface area contributed by atoms with Crippen molar-refractivity contribution in [1.29, 1.82) is 0 Å². The van der Waals surface area contributed by atoms with E-state index >= 15 is 0 Å². The van der Waals surface area contributed by atoms with Crippen LogP contribution in [0.3, 0.4) is 0 Å². The van der Waals surface area contributed by atoms with E-state index in [1.807, 2.05) is 32.2 Å². The maximum atomic E-state index is 9.57. The SMILES string of the molecule is Cc1nc(CN(C)c2ccc([C@@H](C)O)cc2Br)cs1. The molecule has 0 fully saturated rings. The Hall–Kier alpha value is -0.910. The van der Waals surface area contributed by atoms with Crippen molar-refractivity contribution in [3.63, 3.8) is 0 Å². The van der Waals surface area contributed by atoms with Gasteiger partial charge in [-0.3, -0.25) is 0 Å². The van der Waals surface area contributed by atoms with Crippen LogP contribution in [0.5, 0.6) is 0 Å². The molecule has 1 aromatic carbocycles.